The summed E-state index contributed by atoms with van der Waals surface area (Å²) in [4.78, 5) is 25.1. The van der Waals surface area contributed by atoms with Gasteiger partial charge in [-0.05, 0) is 68.2 Å². The van der Waals surface area contributed by atoms with Gasteiger partial charge in [-0.3, -0.25) is 9.59 Å². The first-order chi connectivity index (χ1) is 16.5. The Morgan fingerprint density at radius 3 is 2.32 bits per heavy atom. The molecule has 2 aromatic rings. The van der Waals surface area contributed by atoms with E-state index in [4.69, 9.17) is 14.2 Å². The summed E-state index contributed by atoms with van der Waals surface area (Å²) in [5.74, 6) is 1.03. The van der Waals surface area contributed by atoms with Gasteiger partial charge in [0.1, 0.15) is 17.5 Å². The van der Waals surface area contributed by atoms with Gasteiger partial charge in [-0.1, -0.05) is 24.3 Å². The number of amides is 2. The Hall–Kier alpha value is -3.32. The third-order valence-corrected chi connectivity index (χ3v) is 6.12. The van der Waals surface area contributed by atoms with E-state index in [2.05, 4.69) is 22.8 Å². The van der Waals surface area contributed by atoms with Crippen LogP contribution in [0.25, 0.3) is 6.08 Å². The summed E-state index contributed by atoms with van der Waals surface area (Å²) in [7, 11) is 1.60. The summed E-state index contributed by atoms with van der Waals surface area (Å²) in [6.07, 6.45) is 4.74. The Balaban J connectivity index is 1.56. The van der Waals surface area contributed by atoms with Crippen LogP contribution < -0.4 is 20.1 Å². The van der Waals surface area contributed by atoms with Gasteiger partial charge >= 0.3 is 0 Å². The molecule has 2 amide bonds. The number of benzene rings is 2. The van der Waals surface area contributed by atoms with Crippen LogP contribution >= 0.6 is 0 Å². The molecule has 0 spiro atoms. The molecule has 0 saturated carbocycles. The Labute approximate surface area is 201 Å². The zero-order chi connectivity index (χ0) is 24.4. The van der Waals surface area contributed by atoms with Gasteiger partial charge in [-0.2, -0.15) is 0 Å². The lowest BCUT2D eigenvalue weighted by atomic mass is 9.74. The molecule has 1 saturated heterocycles. The van der Waals surface area contributed by atoms with E-state index in [1.165, 1.54) is 6.08 Å². The van der Waals surface area contributed by atoms with Gasteiger partial charge in [-0.25, -0.2) is 0 Å². The fourth-order valence-electron chi connectivity index (χ4n) is 4.02. The molecule has 2 aromatic carbocycles. The first-order valence-electron chi connectivity index (χ1n) is 11.7. The third kappa shape index (κ3) is 6.84. The van der Waals surface area contributed by atoms with Crippen LogP contribution in [0.4, 0.5) is 0 Å². The highest BCUT2D eigenvalue weighted by Crippen LogP contribution is 2.35. The van der Waals surface area contributed by atoms with Crippen molar-refractivity contribution in [1.82, 2.24) is 10.6 Å². The van der Waals surface area contributed by atoms with Crippen LogP contribution in [-0.2, 0) is 19.7 Å². The van der Waals surface area contributed by atoms with E-state index in [-0.39, 0.29) is 17.2 Å². The van der Waals surface area contributed by atoms with Crippen molar-refractivity contribution in [3.63, 3.8) is 0 Å². The van der Waals surface area contributed by atoms with Crippen LogP contribution in [0.2, 0.25) is 0 Å². The standard InChI is InChI=1S/C27H34N2O5/c1-4-34-24-12-8-22(9-13-24)27(15-17-33-18-16-27)19-28-26(31)20(2)29-25(30)14-7-21-5-10-23(32-3)11-6-21/h5-14,20H,4,15-19H2,1-3H3,(H,28,31)(H,29,30)/b14-7+. The maximum absolute atomic E-state index is 12.8. The number of nitrogens with one attached hydrogen (secondary N) is 2. The van der Waals surface area contributed by atoms with E-state index in [1.807, 2.05) is 43.3 Å². The Morgan fingerprint density at radius 2 is 1.71 bits per heavy atom. The van der Waals surface area contributed by atoms with Crippen LogP contribution in [0.15, 0.2) is 54.6 Å². The Kier molecular flexibility index (Phi) is 9.10. The first kappa shape index (κ1) is 25.3. The highest BCUT2D eigenvalue weighted by atomic mass is 16.5. The Bertz CT molecular complexity index is 964. The second-order valence-electron chi connectivity index (χ2n) is 8.40. The van der Waals surface area contributed by atoms with Gasteiger partial charge in [0.05, 0.1) is 13.7 Å². The number of ether oxygens (including phenoxy) is 3. The zero-order valence-electron chi connectivity index (χ0n) is 20.1. The SMILES string of the molecule is CCOc1ccc(C2(CNC(=O)C(C)NC(=O)/C=C/c3ccc(OC)cc3)CCOCC2)cc1. The van der Waals surface area contributed by atoms with Crippen molar-refractivity contribution < 1.29 is 23.8 Å². The van der Waals surface area contributed by atoms with Crippen molar-refractivity contribution in [3.8, 4) is 11.5 Å². The normalized spacial score (nSPS) is 16.0. The molecule has 3 rings (SSSR count). The quantitative estimate of drug-likeness (QED) is 0.524. The predicted octanol–water partition coefficient (Wildman–Crippen LogP) is 3.48. The monoisotopic (exact) mass is 466 g/mol. The molecular weight excluding hydrogens is 432 g/mol. The highest BCUT2D eigenvalue weighted by Gasteiger charge is 2.35. The van der Waals surface area contributed by atoms with Crippen LogP contribution in [0.3, 0.4) is 0 Å². The predicted molar refractivity (Wildman–Crippen MR) is 132 cm³/mol. The minimum atomic E-state index is -0.662. The summed E-state index contributed by atoms with van der Waals surface area (Å²) in [5.41, 5.74) is 1.81. The molecule has 1 aliphatic heterocycles. The van der Waals surface area contributed by atoms with Gasteiger partial charge in [0.2, 0.25) is 11.8 Å². The lowest BCUT2D eigenvalue weighted by Crippen LogP contribution is -2.50. The van der Waals surface area contributed by atoms with Crippen molar-refractivity contribution in [1.29, 1.82) is 0 Å². The van der Waals surface area contributed by atoms with E-state index in [0.717, 1.165) is 35.5 Å². The summed E-state index contributed by atoms with van der Waals surface area (Å²) >= 11 is 0. The Morgan fingerprint density at radius 1 is 1.06 bits per heavy atom. The third-order valence-electron chi connectivity index (χ3n) is 6.12. The molecular formula is C27H34N2O5. The van der Waals surface area contributed by atoms with E-state index in [0.29, 0.717) is 26.4 Å². The molecule has 34 heavy (non-hydrogen) atoms. The number of rotatable bonds is 10. The second kappa shape index (κ2) is 12.2. The maximum Gasteiger partial charge on any atom is 0.244 e. The van der Waals surface area contributed by atoms with Gasteiger partial charge in [0, 0.05) is 31.2 Å². The van der Waals surface area contributed by atoms with Crippen molar-refractivity contribution in [3.05, 3.63) is 65.7 Å². The van der Waals surface area contributed by atoms with Gasteiger partial charge in [-0.15, -0.1) is 0 Å². The van der Waals surface area contributed by atoms with Crippen LogP contribution in [0, 0.1) is 0 Å². The highest BCUT2D eigenvalue weighted by molar-refractivity contribution is 5.95. The summed E-state index contributed by atoms with van der Waals surface area (Å²) in [5, 5.41) is 5.77. The van der Waals surface area contributed by atoms with Crippen LogP contribution in [0.5, 0.6) is 11.5 Å². The largest absolute Gasteiger partial charge is 0.497 e. The lowest BCUT2D eigenvalue weighted by molar-refractivity contribution is -0.127. The van der Waals surface area contributed by atoms with Crippen molar-refractivity contribution in [2.24, 2.45) is 0 Å². The molecule has 7 heteroatoms. The number of carbonyl (C=O) groups is 2. The first-order valence-corrected chi connectivity index (χ1v) is 11.7. The smallest absolute Gasteiger partial charge is 0.244 e. The summed E-state index contributed by atoms with van der Waals surface area (Å²) in [6, 6.07) is 14.8. The number of hydrogen-bond acceptors (Lipinski definition) is 5. The summed E-state index contributed by atoms with van der Waals surface area (Å²) < 4.78 is 16.3. The number of hydrogen-bond donors (Lipinski definition) is 2. The van der Waals surface area contributed by atoms with E-state index in [1.54, 1.807) is 20.1 Å². The molecule has 1 aliphatic rings. The molecule has 2 N–H and O–H groups in total. The van der Waals surface area contributed by atoms with Gasteiger partial charge in [0.25, 0.3) is 0 Å². The topological polar surface area (TPSA) is 85.9 Å². The molecule has 182 valence electrons. The van der Waals surface area contributed by atoms with Gasteiger partial charge < -0.3 is 24.8 Å². The van der Waals surface area contributed by atoms with Crippen LogP contribution in [-0.4, -0.2) is 51.3 Å². The average molecular weight is 467 g/mol. The van der Waals surface area contributed by atoms with E-state index in [9.17, 15) is 9.59 Å². The molecule has 0 radical (unpaired) electrons. The maximum atomic E-state index is 12.8. The molecule has 1 unspecified atom stereocenters. The minimum absolute atomic E-state index is 0.212. The fourth-order valence-corrected chi connectivity index (χ4v) is 4.02. The fraction of sp³-hybridized carbons (Fsp3) is 0.407. The van der Waals surface area contributed by atoms with Crippen molar-refractivity contribution >= 4 is 17.9 Å². The van der Waals surface area contributed by atoms with E-state index < -0.39 is 6.04 Å². The molecule has 0 aromatic heterocycles. The number of carbonyl (C=O) groups excluding carboxylic acids is 2. The summed E-state index contributed by atoms with van der Waals surface area (Å²) in [6.45, 7) is 6.02. The lowest BCUT2D eigenvalue weighted by Gasteiger charge is -2.38. The average Bonchev–Trinajstić information content (AvgIpc) is 2.87. The second-order valence-corrected chi connectivity index (χ2v) is 8.40. The molecule has 7 nitrogen and oxygen atoms in total. The minimum Gasteiger partial charge on any atom is -0.497 e. The number of methoxy groups -OCH3 is 1. The molecule has 0 bridgehead atoms. The van der Waals surface area contributed by atoms with E-state index >= 15 is 0 Å². The molecule has 0 aliphatic carbocycles. The van der Waals surface area contributed by atoms with Crippen molar-refractivity contribution in [2.75, 3.05) is 33.5 Å². The van der Waals surface area contributed by atoms with Crippen molar-refractivity contribution in [2.45, 2.75) is 38.1 Å². The van der Waals surface area contributed by atoms with Gasteiger partial charge in [0.15, 0.2) is 0 Å². The molecule has 1 heterocycles. The molecule has 1 fully saturated rings. The zero-order valence-corrected chi connectivity index (χ0v) is 20.1. The van der Waals surface area contributed by atoms with Crippen LogP contribution in [0.1, 0.15) is 37.8 Å². The molecule has 1 atom stereocenters.